The van der Waals surface area contributed by atoms with Gasteiger partial charge in [-0.3, -0.25) is 0 Å². The molecular formula is C7H11ClO. The molecule has 2 unspecified atom stereocenters. The molecule has 1 nitrogen and oxygen atoms in total. The van der Waals surface area contributed by atoms with Crippen molar-refractivity contribution in [3.63, 3.8) is 0 Å². The summed E-state index contributed by atoms with van der Waals surface area (Å²) >= 11 is 5.83. The summed E-state index contributed by atoms with van der Waals surface area (Å²) < 4.78 is 0. The van der Waals surface area contributed by atoms with Gasteiger partial charge in [-0.25, -0.2) is 0 Å². The smallest absolute Gasteiger partial charge is 0.123 e. The first-order valence-corrected chi connectivity index (χ1v) is 3.86. The number of hydrogen-bond acceptors (Lipinski definition) is 1. The van der Waals surface area contributed by atoms with Crippen LogP contribution >= 0.6 is 11.6 Å². The zero-order valence-electron chi connectivity index (χ0n) is 5.35. The van der Waals surface area contributed by atoms with Crippen molar-refractivity contribution in [3.05, 3.63) is 0 Å². The summed E-state index contributed by atoms with van der Waals surface area (Å²) in [4.78, 5) is 10.2. The first-order valence-electron chi connectivity index (χ1n) is 3.42. The van der Waals surface area contributed by atoms with Crippen LogP contribution in [0.25, 0.3) is 0 Å². The SMILES string of the molecule is O=CC1CCCC(Cl)C1. The summed E-state index contributed by atoms with van der Waals surface area (Å²) in [7, 11) is 0. The molecular weight excluding hydrogens is 136 g/mol. The minimum absolute atomic E-state index is 0.251. The lowest BCUT2D eigenvalue weighted by Gasteiger charge is -2.20. The number of carbonyl (C=O) groups excluding carboxylic acids is 1. The van der Waals surface area contributed by atoms with Crippen molar-refractivity contribution in [2.24, 2.45) is 5.92 Å². The molecule has 0 aromatic carbocycles. The molecule has 1 rings (SSSR count). The monoisotopic (exact) mass is 146 g/mol. The largest absolute Gasteiger partial charge is 0.303 e. The molecule has 9 heavy (non-hydrogen) atoms. The third-order valence-corrected chi connectivity index (χ3v) is 2.24. The minimum Gasteiger partial charge on any atom is -0.303 e. The normalized spacial score (nSPS) is 36.1. The molecule has 0 radical (unpaired) electrons. The Hall–Kier alpha value is -0.0400. The van der Waals surface area contributed by atoms with Crippen LogP contribution in [-0.2, 0) is 4.79 Å². The third-order valence-electron chi connectivity index (χ3n) is 1.84. The predicted octanol–water partition coefficient (Wildman–Crippen LogP) is 1.98. The van der Waals surface area contributed by atoms with Gasteiger partial charge < -0.3 is 4.79 Å². The topological polar surface area (TPSA) is 17.1 Å². The van der Waals surface area contributed by atoms with E-state index in [-0.39, 0.29) is 11.3 Å². The molecule has 0 bridgehead atoms. The molecule has 0 N–H and O–H groups in total. The maximum Gasteiger partial charge on any atom is 0.123 e. The van der Waals surface area contributed by atoms with E-state index in [1.54, 1.807) is 0 Å². The van der Waals surface area contributed by atoms with Crippen molar-refractivity contribution in [1.82, 2.24) is 0 Å². The second-order valence-corrected chi connectivity index (χ2v) is 3.28. The lowest BCUT2D eigenvalue weighted by atomic mass is 9.90. The van der Waals surface area contributed by atoms with Gasteiger partial charge in [-0.1, -0.05) is 6.42 Å². The van der Waals surface area contributed by atoms with Crippen LogP contribution in [-0.4, -0.2) is 11.7 Å². The maximum atomic E-state index is 10.2. The molecule has 1 aliphatic rings. The Morgan fingerprint density at radius 3 is 2.67 bits per heavy atom. The summed E-state index contributed by atoms with van der Waals surface area (Å²) in [6.07, 6.45) is 5.19. The van der Waals surface area contributed by atoms with Crippen molar-refractivity contribution < 1.29 is 4.79 Å². The van der Waals surface area contributed by atoms with Crippen LogP contribution in [0.5, 0.6) is 0 Å². The third kappa shape index (κ3) is 1.98. The van der Waals surface area contributed by atoms with Crippen LogP contribution in [0.3, 0.4) is 0 Å². The highest BCUT2D eigenvalue weighted by molar-refractivity contribution is 6.20. The van der Waals surface area contributed by atoms with E-state index in [0.29, 0.717) is 0 Å². The van der Waals surface area contributed by atoms with Crippen molar-refractivity contribution in [2.75, 3.05) is 0 Å². The minimum atomic E-state index is 0.251. The van der Waals surface area contributed by atoms with Crippen LogP contribution in [0.15, 0.2) is 0 Å². The van der Waals surface area contributed by atoms with Crippen molar-refractivity contribution >= 4 is 17.9 Å². The van der Waals surface area contributed by atoms with E-state index in [1.807, 2.05) is 0 Å². The summed E-state index contributed by atoms with van der Waals surface area (Å²) in [5, 5.41) is 0.258. The van der Waals surface area contributed by atoms with Crippen LogP contribution in [0.1, 0.15) is 25.7 Å². The molecule has 0 spiro atoms. The molecule has 52 valence electrons. The molecule has 0 aliphatic heterocycles. The molecule has 1 saturated carbocycles. The zero-order valence-corrected chi connectivity index (χ0v) is 6.10. The molecule has 2 atom stereocenters. The highest BCUT2D eigenvalue weighted by Crippen LogP contribution is 2.25. The quantitative estimate of drug-likeness (QED) is 0.409. The number of carbonyl (C=O) groups is 1. The van der Waals surface area contributed by atoms with E-state index >= 15 is 0 Å². The van der Waals surface area contributed by atoms with E-state index in [4.69, 9.17) is 11.6 Å². The number of halogens is 1. The van der Waals surface area contributed by atoms with E-state index < -0.39 is 0 Å². The Balaban J connectivity index is 2.31. The van der Waals surface area contributed by atoms with Gasteiger partial charge in [0.25, 0.3) is 0 Å². The number of rotatable bonds is 1. The van der Waals surface area contributed by atoms with Crippen LogP contribution in [0.4, 0.5) is 0 Å². The Morgan fingerprint density at radius 1 is 1.44 bits per heavy atom. The number of hydrogen-bond donors (Lipinski definition) is 0. The average molecular weight is 147 g/mol. The van der Waals surface area contributed by atoms with Crippen LogP contribution in [0.2, 0.25) is 0 Å². The van der Waals surface area contributed by atoms with Crippen molar-refractivity contribution in [1.29, 1.82) is 0 Å². The Bertz CT molecular complexity index is 103. The molecule has 2 heteroatoms. The second-order valence-electron chi connectivity index (χ2n) is 2.66. The molecule has 1 fully saturated rings. The summed E-state index contributed by atoms with van der Waals surface area (Å²) in [6, 6.07) is 0. The standard InChI is InChI=1S/C7H11ClO/c8-7-3-1-2-6(4-7)5-9/h5-7H,1-4H2. The summed E-state index contributed by atoms with van der Waals surface area (Å²) in [5.41, 5.74) is 0. The fraction of sp³-hybridized carbons (Fsp3) is 0.857. The van der Waals surface area contributed by atoms with E-state index in [9.17, 15) is 4.79 Å². The van der Waals surface area contributed by atoms with Gasteiger partial charge in [0, 0.05) is 11.3 Å². The van der Waals surface area contributed by atoms with Crippen molar-refractivity contribution in [2.45, 2.75) is 31.1 Å². The van der Waals surface area contributed by atoms with Gasteiger partial charge >= 0.3 is 0 Å². The molecule has 0 aromatic heterocycles. The molecule has 0 heterocycles. The Kier molecular flexibility index (Phi) is 2.52. The van der Waals surface area contributed by atoms with Gasteiger partial charge in [-0.05, 0) is 19.3 Å². The highest BCUT2D eigenvalue weighted by Gasteiger charge is 2.18. The van der Waals surface area contributed by atoms with Gasteiger partial charge in [-0.15, -0.1) is 11.6 Å². The second kappa shape index (κ2) is 3.21. The van der Waals surface area contributed by atoms with Gasteiger partial charge in [0.2, 0.25) is 0 Å². The predicted molar refractivity (Wildman–Crippen MR) is 37.7 cm³/mol. The average Bonchev–Trinajstić information content (AvgIpc) is 1.88. The van der Waals surface area contributed by atoms with Gasteiger partial charge in [0.05, 0.1) is 0 Å². The molecule has 0 aromatic rings. The lowest BCUT2D eigenvalue weighted by Crippen LogP contribution is -2.15. The van der Waals surface area contributed by atoms with Crippen LogP contribution in [0, 0.1) is 5.92 Å². The lowest BCUT2D eigenvalue weighted by molar-refractivity contribution is -0.111. The fourth-order valence-corrected chi connectivity index (χ4v) is 1.67. The summed E-state index contributed by atoms with van der Waals surface area (Å²) in [5.74, 6) is 0.251. The first-order chi connectivity index (χ1) is 4.33. The Morgan fingerprint density at radius 2 is 2.22 bits per heavy atom. The van der Waals surface area contributed by atoms with E-state index in [0.717, 1.165) is 32.0 Å². The number of alkyl halides is 1. The van der Waals surface area contributed by atoms with Gasteiger partial charge in [0.15, 0.2) is 0 Å². The Labute approximate surface area is 60.4 Å². The van der Waals surface area contributed by atoms with Crippen molar-refractivity contribution in [3.8, 4) is 0 Å². The number of aldehydes is 1. The highest BCUT2D eigenvalue weighted by atomic mass is 35.5. The zero-order chi connectivity index (χ0) is 6.69. The molecule has 0 saturated heterocycles. The van der Waals surface area contributed by atoms with Gasteiger partial charge in [0.1, 0.15) is 6.29 Å². The first kappa shape index (κ1) is 7.07. The molecule has 1 aliphatic carbocycles. The summed E-state index contributed by atoms with van der Waals surface area (Å²) in [6.45, 7) is 0. The fourth-order valence-electron chi connectivity index (χ4n) is 1.29. The van der Waals surface area contributed by atoms with E-state index in [1.165, 1.54) is 0 Å². The molecule has 0 amide bonds. The maximum absolute atomic E-state index is 10.2. The van der Waals surface area contributed by atoms with E-state index in [2.05, 4.69) is 0 Å². The van der Waals surface area contributed by atoms with Gasteiger partial charge in [-0.2, -0.15) is 0 Å². The van der Waals surface area contributed by atoms with Crippen LogP contribution < -0.4 is 0 Å².